The van der Waals surface area contributed by atoms with Gasteiger partial charge in [0.25, 0.3) is 11.8 Å². The Kier molecular flexibility index (Phi) is 4.78. The van der Waals surface area contributed by atoms with Crippen LogP contribution < -0.4 is 19.5 Å². The zero-order valence-corrected chi connectivity index (χ0v) is 15.9. The van der Waals surface area contributed by atoms with E-state index < -0.39 is 5.91 Å². The summed E-state index contributed by atoms with van der Waals surface area (Å²) in [5, 5.41) is 11.1. The van der Waals surface area contributed by atoms with Crippen molar-refractivity contribution in [3.05, 3.63) is 48.2 Å². The van der Waals surface area contributed by atoms with E-state index in [4.69, 9.17) is 23.0 Å². The van der Waals surface area contributed by atoms with Gasteiger partial charge in [-0.15, -0.1) is 5.10 Å². The minimum absolute atomic E-state index is 0.0738. The van der Waals surface area contributed by atoms with Crippen molar-refractivity contribution in [1.29, 1.82) is 0 Å². The van der Waals surface area contributed by atoms with E-state index in [9.17, 15) is 4.79 Å². The summed E-state index contributed by atoms with van der Waals surface area (Å²) < 4.78 is 26.9. The maximum Gasteiger partial charge on any atom is 0.322 e. The number of anilines is 1. The molecule has 29 heavy (non-hydrogen) atoms. The molecular formula is C20H17N3O6. The van der Waals surface area contributed by atoms with Gasteiger partial charge in [0.15, 0.2) is 17.1 Å². The number of furan rings is 1. The molecule has 0 bridgehead atoms. The first-order valence-electron chi connectivity index (χ1n) is 8.56. The van der Waals surface area contributed by atoms with Gasteiger partial charge >= 0.3 is 6.01 Å². The summed E-state index contributed by atoms with van der Waals surface area (Å²) in [6, 6.07) is 12.1. The van der Waals surface area contributed by atoms with Crippen molar-refractivity contribution in [2.75, 3.05) is 26.6 Å². The molecule has 4 aromatic rings. The summed E-state index contributed by atoms with van der Waals surface area (Å²) >= 11 is 0. The van der Waals surface area contributed by atoms with Crippen LogP contribution in [0.5, 0.6) is 17.2 Å². The molecule has 1 N–H and O–H groups in total. The number of methoxy groups -OCH3 is 3. The predicted molar refractivity (Wildman–Crippen MR) is 104 cm³/mol. The second-order valence-electron chi connectivity index (χ2n) is 5.92. The first kappa shape index (κ1) is 18.4. The lowest BCUT2D eigenvalue weighted by Crippen LogP contribution is -2.10. The van der Waals surface area contributed by atoms with Gasteiger partial charge in [0.2, 0.25) is 0 Å². The van der Waals surface area contributed by atoms with Crippen LogP contribution in [0.25, 0.3) is 22.4 Å². The first-order chi connectivity index (χ1) is 14.1. The molecule has 9 heteroatoms. The molecule has 0 fully saturated rings. The normalized spacial score (nSPS) is 10.7. The number of nitrogens with one attached hydrogen (secondary N) is 1. The Morgan fingerprint density at radius 2 is 1.76 bits per heavy atom. The zero-order valence-electron chi connectivity index (χ0n) is 15.9. The Morgan fingerprint density at radius 3 is 2.52 bits per heavy atom. The Morgan fingerprint density at radius 1 is 0.931 bits per heavy atom. The molecule has 0 aliphatic rings. The summed E-state index contributed by atoms with van der Waals surface area (Å²) in [6.07, 6.45) is 0. The van der Waals surface area contributed by atoms with Crippen LogP contribution >= 0.6 is 0 Å². The van der Waals surface area contributed by atoms with Gasteiger partial charge in [0, 0.05) is 11.5 Å². The quantitative estimate of drug-likeness (QED) is 0.526. The summed E-state index contributed by atoms with van der Waals surface area (Å²) in [5.41, 5.74) is 1.05. The average Bonchev–Trinajstić information content (AvgIpc) is 3.40. The van der Waals surface area contributed by atoms with E-state index in [0.717, 1.165) is 5.39 Å². The van der Waals surface area contributed by atoms with Crippen LogP contribution in [0.1, 0.15) is 10.6 Å². The summed E-state index contributed by atoms with van der Waals surface area (Å²) in [4.78, 5) is 12.5. The van der Waals surface area contributed by atoms with E-state index in [2.05, 4.69) is 15.5 Å². The molecule has 2 aromatic heterocycles. The fourth-order valence-electron chi connectivity index (χ4n) is 2.83. The van der Waals surface area contributed by atoms with Gasteiger partial charge in [-0.25, -0.2) is 0 Å². The fraction of sp³-hybridized carbons (Fsp3) is 0.150. The van der Waals surface area contributed by atoms with Crippen molar-refractivity contribution in [2.45, 2.75) is 0 Å². The Bertz CT molecular complexity index is 1180. The number of nitrogens with zero attached hydrogens (tertiary/aromatic N) is 2. The molecule has 0 radical (unpaired) electrons. The fourth-order valence-corrected chi connectivity index (χ4v) is 2.83. The Balaban J connectivity index is 1.57. The molecule has 0 saturated heterocycles. The minimum atomic E-state index is -0.528. The highest BCUT2D eigenvalue weighted by molar-refractivity contribution is 6.04. The molecule has 0 saturated carbocycles. The minimum Gasteiger partial charge on any atom is -0.497 e. The van der Waals surface area contributed by atoms with Gasteiger partial charge in [0.1, 0.15) is 11.5 Å². The molecule has 4 rings (SSSR count). The first-order valence-corrected chi connectivity index (χ1v) is 8.56. The van der Waals surface area contributed by atoms with E-state index in [1.807, 2.05) is 12.1 Å². The number of rotatable bonds is 6. The van der Waals surface area contributed by atoms with Crippen molar-refractivity contribution in [3.8, 4) is 28.7 Å². The SMILES string of the molecule is COc1ccc(-c2nnc(NC(=O)c3cc4cccc(OC)c4o3)o2)c(OC)c1. The molecule has 0 spiro atoms. The second kappa shape index (κ2) is 7.55. The number of carbonyl (C=O) groups excluding carboxylic acids is 1. The van der Waals surface area contributed by atoms with E-state index in [-0.39, 0.29) is 17.7 Å². The van der Waals surface area contributed by atoms with E-state index in [0.29, 0.717) is 28.4 Å². The van der Waals surface area contributed by atoms with Gasteiger partial charge in [0.05, 0.1) is 26.9 Å². The number of hydrogen-bond donors (Lipinski definition) is 1. The highest BCUT2D eigenvalue weighted by atomic mass is 16.5. The molecular weight excluding hydrogens is 378 g/mol. The molecule has 0 atom stereocenters. The maximum atomic E-state index is 12.5. The smallest absolute Gasteiger partial charge is 0.322 e. The number of para-hydroxylation sites is 1. The van der Waals surface area contributed by atoms with Crippen LogP contribution in [-0.2, 0) is 0 Å². The van der Waals surface area contributed by atoms with Crippen LogP contribution in [0.4, 0.5) is 6.01 Å². The van der Waals surface area contributed by atoms with Crippen LogP contribution in [0.15, 0.2) is 51.3 Å². The van der Waals surface area contributed by atoms with E-state index in [1.54, 1.807) is 37.4 Å². The van der Waals surface area contributed by atoms with Crippen LogP contribution in [0.3, 0.4) is 0 Å². The van der Waals surface area contributed by atoms with E-state index in [1.165, 1.54) is 14.2 Å². The molecule has 0 aliphatic carbocycles. The van der Waals surface area contributed by atoms with Crippen LogP contribution in [0.2, 0.25) is 0 Å². The molecule has 148 valence electrons. The molecule has 0 unspecified atom stereocenters. The molecule has 9 nitrogen and oxygen atoms in total. The lowest BCUT2D eigenvalue weighted by Gasteiger charge is -2.07. The number of hydrogen-bond acceptors (Lipinski definition) is 8. The van der Waals surface area contributed by atoms with Crippen LogP contribution in [-0.4, -0.2) is 37.4 Å². The van der Waals surface area contributed by atoms with Crippen LogP contribution in [0, 0.1) is 0 Å². The number of aromatic nitrogens is 2. The van der Waals surface area contributed by atoms with Crippen molar-refractivity contribution in [1.82, 2.24) is 10.2 Å². The number of amides is 1. The molecule has 0 aliphatic heterocycles. The topological polar surface area (TPSA) is 109 Å². The zero-order chi connectivity index (χ0) is 20.4. The standard InChI is InChI=1S/C20H17N3O6/c1-25-12-7-8-13(15(10-12)27-3)19-22-23-20(29-19)21-18(24)16-9-11-5-4-6-14(26-2)17(11)28-16/h4-10H,1-3H3,(H,21,23,24). The monoisotopic (exact) mass is 395 g/mol. The third-order valence-corrected chi connectivity index (χ3v) is 4.24. The second-order valence-corrected chi connectivity index (χ2v) is 5.92. The highest BCUT2D eigenvalue weighted by Crippen LogP contribution is 2.33. The van der Waals surface area contributed by atoms with Crippen molar-refractivity contribution >= 4 is 22.9 Å². The third kappa shape index (κ3) is 3.45. The predicted octanol–water partition coefficient (Wildman–Crippen LogP) is 3.76. The summed E-state index contributed by atoms with van der Waals surface area (Å²) in [5.74, 6) is 1.40. The Labute approximate surface area is 165 Å². The summed E-state index contributed by atoms with van der Waals surface area (Å²) in [6.45, 7) is 0. The van der Waals surface area contributed by atoms with Crippen molar-refractivity contribution < 1.29 is 27.8 Å². The average molecular weight is 395 g/mol. The highest BCUT2D eigenvalue weighted by Gasteiger charge is 2.19. The third-order valence-electron chi connectivity index (χ3n) is 4.24. The lowest BCUT2D eigenvalue weighted by molar-refractivity contribution is 0.0995. The van der Waals surface area contributed by atoms with Crippen molar-refractivity contribution in [3.63, 3.8) is 0 Å². The lowest BCUT2D eigenvalue weighted by atomic mass is 10.2. The Hall–Kier alpha value is -4.01. The molecule has 1 amide bonds. The van der Waals surface area contributed by atoms with Gasteiger partial charge in [-0.1, -0.05) is 17.2 Å². The van der Waals surface area contributed by atoms with Gasteiger partial charge < -0.3 is 23.0 Å². The van der Waals surface area contributed by atoms with Crippen molar-refractivity contribution in [2.24, 2.45) is 0 Å². The largest absolute Gasteiger partial charge is 0.497 e. The van der Waals surface area contributed by atoms with Gasteiger partial charge in [-0.3, -0.25) is 10.1 Å². The number of ether oxygens (including phenoxy) is 3. The number of fused-ring (bicyclic) bond motifs is 1. The maximum absolute atomic E-state index is 12.5. The van der Waals surface area contributed by atoms with E-state index >= 15 is 0 Å². The molecule has 2 aromatic carbocycles. The molecule has 2 heterocycles. The number of carbonyl (C=O) groups is 1. The van der Waals surface area contributed by atoms with Gasteiger partial charge in [-0.05, 0) is 24.3 Å². The summed E-state index contributed by atoms with van der Waals surface area (Å²) in [7, 11) is 4.61. The number of benzene rings is 2. The van der Waals surface area contributed by atoms with Gasteiger partial charge in [-0.2, -0.15) is 0 Å².